The van der Waals surface area contributed by atoms with Crippen molar-refractivity contribution in [3.05, 3.63) is 34.9 Å². The molecule has 0 atom stereocenters. The van der Waals surface area contributed by atoms with Gasteiger partial charge in [-0.3, -0.25) is 0 Å². The highest BCUT2D eigenvalue weighted by molar-refractivity contribution is 5.42. The Kier molecular flexibility index (Phi) is 3.47. The lowest BCUT2D eigenvalue weighted by Crippen LogP contribution is -2.35. The van der Waals surface area contributed by atoms with E-state index in [9.17, 15) is 13.2 Å². The summed E-state index contributed by atoms with van der Waals surface area (Å²) in [5.41, 5.74) is 1.29. The molecule has 0 aromatic heterocycles. The Morgan fingerprint density at radius 3 is 1.90 bits per heavy atom. The first-order valence-corrected chi connectivity index (χ1v) is 7.16. The highest BCUT2D eigenvalue weighted by Gasteiger charge is 2.40. The third-order valence-corrected chi connectivity index (χ3v) is 4.94. The quantitative estimate of drug-likeness (QED) is 0.633. The summed E-state index contributed by atoms with van der Waals surface area (Å²) >= 11 is 0. The van der Waals surface area contributed by atoms with Crippen molar-refractivity contribution in [2.24, 2.45) is 5.41 Å². The number of rotatable bonds is 2. The monoisotopic (exact) mass is 284 g/mol. The van der Waals surface area contributed by atoms with Crippen molar-refractivity contribution in [3.8, 4) is 0 Å². The lowest BCUT2D eigenvalue weighted by molar-refractivity contribution is -0.137. The van der Waals surface area contributed by atoms with Gasteiger partial charge in [-0.1, -0.05) is 40.7 Å². The summed E-state index contributed by atoms with van der Waals surface area (Å²) in [6, 6.07) is 4.30. The first-order valence-electron chi connectivity index (χ1n) is 7.16. The third kappa shape index (κ3) is 2.72. The van der Waals surface area contributed by atoms with Gasteiger partial charge in [0.15, 0.2) is 0 Å². The predicted octanol–water partition coefficient (Wildman–Crippen LogP) is 5.91. The molecule has 0 bridgehead atoms. The minimum Gasteiger partial charge on any atom is -0.166 e. The minimum atomic E-state index is -4.26. The molecule has 1 aliphatic rings. The Morgan fingerprint density at radius 2 is 1.50 bits per heavy atom. The first kappa shape index (κ1) is 15.4. The SMILES string of the molecule is CC(C)(C)C(C)(C)c1ccc(C(F)(F)F)cc1C1CC1. The second-order valence-corrected chi connectivity index (χ2v) is 7.45. The number of hydrogen-bond acceptors (Lipinski definition) is 0. The fourth-order valence-corrected chi connectivity index (χ4v) is 2.44. The molecule has 20 heavy (non-hydrogen) atoms. The zero-order valence-corrected chi connectivity index (χ0v) is 12.9. The number of halogens is 3. The molecule has 0 N–H and O–H groups in total. The van der Waals surface area contributed by atoms with E-state index in [2.05, 4.69) is 34.6 Å². The van der Waals surface area contributed by atoms with Crippen molar-refractivity contribution in [3.63, 3.8) is 0 Å². The van der Waals surface area contributed by atoms with E-state index in [-0.39, 0.29) is 10.8 Å². The predicted molar refractivity (Wildman–Crippen MR) is 75.9 cm³/mol. The van der Waals surface area contributed by atoms with Crippen LogP contribution in [0.5, 0.6) is 0 Å². The smallest absolute Gasteiger partial charge is 0.166 e. The fourth-order valence-electron chi connectivity index (χ4n) is 2.44. The molecule has 1 saturated carbocycles. The van der Waals surface area contributed by atoms with Crippen LogP contribution in [0.3, 0.4) is 0 Å². The van der Waals surface area contributed by atoms with Crippen LogP contribution in [0.2, 0.25) is 0 Å². The molecule has 0 aliphatic heterocycles. The Bertz CT molecular complexity index is 500. The average Bonchev–Trinajstić information content (AvgIpc) is 3.09. The minimum absolute atomic E-state index is 0.00358. The largest absolute Gasteiger partial charge is 0.416 e. The van der Waals surface area contributed by atoms with E-state index in [1.807, 2.05) is 0 Å². The standard InChI is InChI=1S/C17H23F3/c1-15(2,3)16(4,5)14-9-8-12(17(18,19)20)10-13(14)11-6-7-11/h8-11H,6-7H2,1-5H3. The van der Waals surface area contributed by atoms with Crippen molar-refractivity contribution in [1.82, 2.24) is 0 Å². The average molecular weight is 284 g/mol. The second-order valence-electron chi connectivity index (χ2n) is 7.45. The highest BCUT2D eigenvalue weighted by atomic mass is 19.4. The van der Waals surface area contributed by atoms with Crippen LogP contribution in [-0.2, 0) is 11.6 Å². The van der Waals surface area contributed by atoms with Gasteiger partial charge in [-0.05, 0) is 52.8 Å². The molecule has 2 rings (SSSR count). The normalized spacial score (nSPS) is 17.4. The summed E-state index contributed by atoms with van der Waals surface area (Å²) in [6.07, 6.45) is -2.24. The summed E-state index contributed by atoms with van der Waals surface area (Å²) in [5, 5.41) is 0. The van der Waals surface area contributed by atoms with Gasteiger partial charge in [-0.25, -0.2) is 0 Å². The molecule has 0 spiro atoms. The van der Waals surface area contributed by atoms with Gasteiger partial charge in [-0.15, -0.1) is 0 Å². The van der Waals surface area contributed by atoms with Gasteiger partial charge < -0.3 is 0 Å². The van der Waals surface area contributed by atoms with Gasteiger partial charge in [0.25, 0.3) is 0 Å². The van der Waals surface area contributed by atoms with Crippen LogP contribution in [0.15, 0.2) is 18.2 Å². The molecule has 0 heterocycles. The molecular weight excluding hydrogens is 261 g/mol. The van der Waals surface area contributed by atoms with E-state index in [1.54, 1.807) is 6.07 Å². The zero-order valence-electron chi connectivity index (χ0n) is 12.9. The number of benzene rings is 1. The maximum atomic E-state index is 12.9. The Morgan fingerprint density at radius 1 is 0.950 bits per heavy atom. The van der Waals surface area contributed by atoms with Crippen molar-refractivity contribution >= 4 is 0 Å². The summed E-state index contributed by atoms with van der Waals surface area (Å²) < 4.78 is 38.7. The van der Waals surface area contributed by atoms with Crippen molar-refractivity contribution < 1.29 is 13.2 Å². The summed E-state index contributed by atoms with van der Waals surface area (Å²) in [5.74, 6) is 0.314. The van der Waals surface area contributed by atoms with Gasteiger partial charge in [0.05, 0.1) is 5.56 Å². The van der Waals surface area contributed by atoms with Crippen molar-refractivity contribution in [1.29, 1.82) is 0 Å². The van der Waals surface area contributed by atoms with Crippen LogP contribution in [0.1, 0.15) is 70.1 Å². The molecule has 0 radical (unpaired) electrons. The molecule has 1 fully saturated rings. The number of hydrogen-bond donors (Lipinski definition) is 0. The van der Waals surface area contributed by atoms with Gasteiger partial charge in [0.2, 0.25) is 0 Å². The summed E-state index contributed by atoms with van der Waals surface area (Å²) in [4.78, 5) is 0. The Hall–Kier alpha value is -0.990. The van der Waals surface area contributed by atoms with Crippen LogP contribution in [0.25, 0.3) is 0 Å². The molecule has 3 heteroatoms. The molecule has 112 valence electrons. The molecule has 0 saturated heterocycles. The van der Waals surface area contributed by atoms with E-state index >= 15 is 0 Å². The maximum absolute atomic E-state index is 12.9. The zero-order chi connectivity index (χ0) is 15.3. The lowest BCUT2D eigenvalue weighted by atomic mass is 9.64. The molecule has 0 unspecified atom stereocenters. The molecule has 1 aliphatic carbocycles. The topological polar surface area (TPSA) is 0 Å². The lowest BCUT2D eigenvalue weighted by Gasteiger charge is -2.41. The summed E-state index contributed by atoms with van der Waals surface area (Å²) in [7, 11) is 0. The van der Waals surface area contributed by atoms with E-state index in [0.29, 0.717) is 5.92 Å². The van der Waals surface area contributed by atoms with Gasteiger partial charge >= 0.3 is 6.18 Å². The Balaban J connectivity index is 2.55. The van der Waals surface area contributed by atoms with Crippen molar-refractivity contribution in [2.75, 3.05) is 0 Å². The van der Waals surface area contributed by atoms with Crippen LogP contribution in [-0.4, -0.2) is 0 Å². The van der Waals surface area contributed by atoms with Crippen LogP contribution in [0, 0.1) is 5.41 Å². The van der Waals surface area contributed by atoms with Crippen LogP contribution >= 0.6 is 0 Å². The van der Waals surface area contributed by atoms with E-state index < -0.39 is 11.7 Å². The van der Waals surface area contributed by atoms with E-state index in [0.717, 1.165) is 24.0 Å². The van der Waals surface area contributed by atoms with E-state index in [1.165, 1.54) is 12.1 Å². The first-order chi connectivity index (χ1) is 8.94. The van der Waals surface area contributed by atoms with Crippen LogP contribution in [0.4, 0.5) is 13.2 Å². The second kappa shape index (κ2) is 4.51. The van der Waals surface area contributed by atoms with Gasteiger partial charge in [-0.2, -0.15) is 13.2 Å². The number of alkyl halides is 3. The third-order valence-electron chi connectivity index (χ3n) is 4.94. The molecule has 1 aromatic carbocycles. The molecule has 0 amide bonds. The maximum Gasteiger partial charge on any atom is 0.416 e. The highest BCUT2D eigenvalue weighted by Crippen LogP contribution is 2.50. The van der Waals surface area contributed by atoms with Crippen molar-refractivity contribution in [2.45, 2.75) is 65.0 Å². The molecular formula is C17H23F3. The fraction of sp³-hybridized carbons (Fsp3) is 0.647. The van der Waals surface area contributed by atoms with Crippen LogP contribution < -0.4 is 0 Å². The summed E-state index contributed by atoms with van der Waals surface area (Å²) in [6.45, 7) is 10.7. The van der Waals surface area contributed by atoms with Gasteiger partial charge in [0, 0.05) is 0 Å². The molecule has 1 aromatic rings. The molecule has 0 nitrogen and oxygen atoms in total. The van der Waals surface area contributed by atoms with E-state index in [4.69, 9.17) is 0 Å². The van der Waals surface area contributed by atoms with Gasteiger partial charge in [0.1, 0.15) is 0 Å². The Labute approximate surface area is 119 Å².